The van der Waals surface area contributed by atoms with Gasteiger partial charge in [0.05, 0.1) is 12.7 Å². The van der Waals surface area contributed by atoms with Crippen molar-refractivity contribution in [1.29, 1.82) is 5.26 Å². The minimum atomic E-state index is 0.181. The second-order valence-electron chi connectivity index (χ2n) is 1.06. The van der Waals surface area contributed by atoms with Crippen LogP contribution in [0.5, 0.6) is 0 Å². The summed E-state index contributed by atoms with van der Waals surface area (Å²) in [7, 11) is 0. The highest BCUT2D eigenvalue weighted by molar-refractivity contribution is 5.46. The first-order valence-electron chi connectivity index (χ1n) is 2.38. The molecule has 44 valence electrons. The van der Waals surface area contributed by atoms with Crippen molar-refractivity contribution < 1.29 is 4.74 Å². The van der Waals surface area contributed by atoms with Gasteiger partial charge in [-0.25, -0.2) is 4.99 Å². The van der Waals surface area contributed by atoms with Gasteiger partial charge in [0.25, 0.3) is 0 Å². The Morgan fingerprint density at radius 3 is 3.12 bits per heavy atom. The van der Waals surface area contributed by atoms with E-state index in [1.54, 1.807) is 0 Å². The molecule has 0 unspecified atom stereocenters. The molecule has 0 N–H and O–H groups in total. The molecule has 0 radical (unpaired) electrons. The number of aliphatic imine (C=N–C) groups is 1. The lowest BCUT2D eigenvalue weighted by Crippen LogP contribution is -1.85. The molecular weight excluding hydrogens is 104 g/mol. The van der Waals surface area contributed by atoms with Gasteiger partial charge in [-0.05, 0) is 6.92 Å². The van der Waals surface area contributed by atoms with Crippen LogP contribution in [0.4, 0.5) is 0 Å². The predicted molar refractivity (Wildman–Crippen MR) is 30.6 cm³/mol. The highest BCUT2D eigenvalue weighted by Gasteiger charge is 1.69. The summed E-state index contributed by atoms with van der Waals surface area (Å²) in [4.78, 5) is 3.57. The number of hydrogen-bond donors (Lipinski definition) is 0. The highest BCUT2D eigenvalue weighted by atomic mass is 16.5. The highest BCUT2D eigenvalue weighted by Crippen LogP contribution is 1.66. The lowest BCUT2D eigenvalue weighted by molar-refractivity contribution is 0.343. The summed E-state index contributed by atoms with van der Waals surface area (Å²) in [5.41, 5.74) is 0. The summed E-state index contributed by atoms with van der Waals surface area (Å²) in [6, 6.07) is 1.85. The number of ether oxygens (including phenoxy) is 1. The average Bonchev–Trinajstić information content (AvgIpc) is 1.81. The Morgan fingerprint density at radius 2 is 2.62 bits per heavy atom. The van der Waals surface area contributed by atoms with Crippen LogP contribution in [-0.2, 0) is 4.74 Å². The number of hydrogen-bond acceptors (Lipinski definition) is 3. The Balaban J connectivity index is 2.98. The van der Waals surface area contributed by atoms with E-state index in [2.05, 4.69) is 4.99 Å². The van der Waals surface area contributed by atoms with Gasteiger partial charge in [0.15, 0.2) is 6.40 Å². The van der Waals surface area contributed by atoms with Crippen molar-refractivity contribution >= 4 is 6.40 Å². The fraction of sp³-hybridized carbons (Fsp3) is 0.600. The Kier molecular flexibility index (Phi) is 5.19. The van der Waals surface area contributed by atoms with Gasteiger partial charge in [0.2, 0.25) is 0 Å². The monoisotopic (exact) mass is 112 g/mol. The summed E-state index contributed by atoms with van der Waals surface area (Å²) < 4.78 is 4.69. The van der Waals surface area contributed by atoms with Crippen LogP contribution in [0.15, 0.2) is 4.99 Å². The summed E-state index contributed by atoms with van der Waals surface area (Å²) in [6.07, 6.45) is 1.29. The van der Waals surface area contributed by atoms with Crippen LogP contribution in [0.1, 0.15) is 6.92 Å². The van der Waals surface area contributed by atoms with E-state index < -0.39 is 0 Å². The van der Waals surface area contributed by atoms with Crippen molar-refractivity contribution in [3.63, 3.8) is 0 Å². The molecule has 0 amide bonds. The second kappa shape index (κ2) is 5.96. The fourth-order valence-electron chi connectivity index (χ4n) is 0.205. The van der Waals surface area contributed by atoms with Crippen LogP contribution in [0.25, 0.3) is 0 Å². The molecule has 0 aliphatic rings. The number of rotatable bonds is 3. The molecule has 8 heavy (non-hydrogen) atoms. The van der Waals surface area contributed by atoms with Crippen LogP contribution in [0.3, 0.4) is 0 Å². The molecule has 0 aliphatic carbocycles. The van der Waals surface area contributed by atoms with E-state index in [0.717, 1.165) is 0 Å². The quantitative estimate of drug-likeness (QED) is 0.304. The van der Waals surface area contributed by atoms with Crippen LogP contribution < -0.4 is 0 Å². The smallest absolute Gasteiger partial charge is 0.170 e. The normalized spacial score (nSPS) is 9.00. The molecule has 0 aromatic heterocycles. The Labute approximate surface area is 48.6 Å². The van der Waals surface area contributed by atoms with Gasteiger partial charge in [0.1, 0.15) is 6.54 Å². The zero-order chi connectivity index (χ0) is 6.24. The molecule has 0 heterocycles. The molecule has 0 rings (SSSR count). The number of nitriles is 1. The zero-order valence-electron chi connectivity index (χ0n) is 4.79. The maximum atomic E-state index is 7.95. The minimum absolute atomic E-state index is 0.181. The maximum absolute atomic E-state index is 7.95. The molecule has 0 aromatic carbocycles. The average molecular weight is 112 g/mol. The molecule has 0 spiro atoms. The van der Waals surface area contributed by atoms with Gasteiger partial charge in [0, 0.05) is 0 Å². The molecule has 0 aliphatic heterocycles. The molecular formula is C5H8N2O. The van der Waals surface area contributed by atoms with Gasteiger partial charge < -0.3 is 4.74 Å². The molecule has 0 aromatic rings. The van der Waals surface area contributed by atoms with E-state index >= 15 is 0 Å². The Morgan fingerprint density at radius 1 is 1.88 bits per heavy atom. The fourth-order valence-corrected chi connectivity index (χ4v) is 0.205. The third kappa shape index (κ3) is 4.96. The summed E-state index contributed by atoms with van der Waals surface area (Å²) >= 11 is 0. The first kappa shape index (κ1) is 6.96. The Hall–Kier alpha value is -1.04. The lowest BCUT2D eigenvalue weighted by Gasteiger charge is -1.86. The predicted octanol–water partition coefficient (Wildman–Crippen LogP) is 0.575. The number of nitrogens with zero attached hydrogens (tertiary/aromatic N) is 2. The zero-order valence-corrected chi connectivity index (χ0v) is 4.79. The van der Waals surface area contributed by atoms with Crippen LogP contribution in [0.2, 0.25) is 0 Å². The van der Waals surface area contributed by atoms with Crippen molar-refractivity contribution in [3.8, 4) is 6.07 Å². The summed E-state index contributed by atoms with van der Waals surface area (Å²) in [5.74, 6) is 0. The van der Waals surface area contributed by atoms with Gasteiger partial charge in [-0.2, -0.15) is 5.26 Å². The van der Waals surface area contributed by atoms with Gasteiger partial charge in [-0.1, -0.05) is 0 Å². The molecule has 0 saturated heterocycles. The Bertz CT molecular complexity index is 103. The van der Waals surface area contributed by atoms with E-state index in [9.17, 15) is 0 Å². The summed E-state index contributed by atoms with van der Waals surface area (Å²) in [5, 5.41) is 7.95. The van der Waals surface area contributed by atoms with Crippen LogP contribution >= 0.6 is 0 Å². The largest absolute Gasteiger partial charge is 0.484 e. The van der Waals surface area contributed by atoms with Crippen molar-refractivity contribution in [2.75, 3.05) is 13.2 Å². The van der Waals surface area contributed by atoms with Gasteiger partial charge in [-0.3, -0.25) is 0 Å². The first-order chi connectivity index (χ1) is 3.91. The SMILES string of the molecule is CCOC=NCC#N. The molecule has 0 bridgehead atoms. The molecule has 0 atom stereocenters. The second-order valence-corrected chi connectivity index (χ2v) is 1.06. The minimum Gasteiger partial charge on any atom is -0.484 e. The van der Waals surface area contributed by atoms with E-state index in [-0.39, 0.29) is 6.54 Å². The van der Waals surface area contributed by atoms with Crippen molar-refractivity contribution in [2.45, 2.75) is 6.92 Å². The van der Waals surface area contributed by atoms with Crippen molar-refractivity contribution in [2.24, 2.45) is 4.99 Å². The molecule has 3 heteroatoms. The van der Waals surface area contributed by atoms with Crippen LogP contribution in [-0.4, -0.2) is 19.6 Å². The standard InChI is InChI=1S/C5H8N2O/c1-2-8-5-7-4-3-6/h5H,2,4H2,1H3. The van der Waals surface area contributed by atoms with Crippen molar-refractivity contribution in [3.05, 3.63) is 0 Å². The van der Waals surface area contributed by atoms with Gasteiger partial charge in [-0.15, -0.1) is 0 Å². The lowest BCUT2D eigenvalue weighted by atomic mass is 10.8. The van der Waals surface area contributed by atoms with Crippen molar-refractivity contribution in [1.82, 2.24) is 0 Å². The van der Waals surface area contributed by atoms with E-state index in [0.29, 0.717) is 6.61 Å². The summed E-state index contributed by atoms with van der Waals surface area (Å²) in [6.45, 7) is 2.65. The third-order valence-corrected chi connectivity index (χ3v) is 0.478. The van der Waals surface area contributed by atoms with E-state index in [1.165, 1.54) is 6.40 Å². The molecule has 3 nitrogen and oxygen atoms in total. The maximum Gasteiger partial charge on any atom is 0.170 e. The van der Waals surface area contributed by atoms with Gasteiger partial charge >= 0.3 is 0 Å². The first-order valence-corrected chi connectivity index (χ1v) is 2.38. The van der Waals surface area contributed by atoms with E-state index in [4.69, 9.17) is 10.00 Å². The van der Waals surface area contributed by atoms with Crippen LogP contribution in [0, 0.1) is 11.3 Å². The molecule has 0 saturated carbocycles. The molecule has 0 fully saturated rings. The third-order valence-electron chi connectivity index (χ3n) is 0.478. The topological polar surface area (TPSA) is 45.4 Å². The van der Waals surface area contributed by atoms with E-state index in [1.807, 2.05) is 13.0 Å².